The molecule has 2 amide bonds. The number of piperidine rings is 1. The number of hydrogen-bond donors (Lipinski definition) is 0. The van der Waals surface area contributed by atoms with Gasteiger partial charge in [0.15, 0.2) is 0 Å². The summed E-state index contributed by atoms with van der Waals surface area (Å²) in [5, 5.41) is 0. The first-order chi connectivity index (χ1) is 9.87. The van der Waals surface area contributed by atoms with Crippen LogP contribution in [0.5, 0.6) is 0 Å². The number of ether oxygens (including phenoxy) is 1. The molecule has 5 heteroatoms. The summed E-state index contributed by atoms with van der Waals surface area (Å²) in [7, 11) is 0. The molecule has 0 aromatic heterocycles. The fraction of sp³-hybridized carbons (Fsp3) is 0.875. The van der Waals surface area contributed by atoms with Crippen molar-refractivity contribution in [3.63, 3.8) is 0 Å². The second-order valence-electron chi connectivity index (χ2n) is 7.35. The minimum atomic E-state index is -0.0271. The van der Waals surface area contributed by atoms with Crippen molar-refractivity contribution >= 4 is 11.8 Å². The Kier molecular flexibility index (Phi) is 5.25. The van der Waals surface area contributed by atoms with Crippen LogP contribution in [-0.2, 0) is 14.3 Å². The van der Waals surface area contributed by atoms with E-state index >= 15 is 0 Å². The number of likely N-dealkylation sites (tertiary alicyclic amines) is 1. The second-order valence-corrected chi connectivity index (χ2v) is 7.35. The van der Waals surface area contributed by atoms with Crippen LogP contribution >= 0.6 is 0 Å². The standard InChI is InChI=1S/C16H28N2O3/c1-16(2,3)11-14(19)18-6-4-5-13(12-18)15(20)17-7-9-21-10-8-17/h13H,4-12H2,1-3H3/t13-/m0/s1. The highest BCUT2D eigenvalue weighted by molar-refractivity contribution is 5.81. The van der Waals surface area contributed by atoms with Gasteiger partial charge in [-0.1, -0.05) is 20.8 Å². The number of nitrogens with zero attached hydrogens (tertiary/aromatic N) is 2. The van der Waals surface area contributed by atoms with E-state index in [0.29, 0.717) is 39.3 Å². The summed E-state index contributed by atoms with van der Waals surface area (Å²) in [4.78, 5) is 28.7. The maximum absolute atomic E-state index is 12.5. The van der Waals surface area contributed by atoms with E-state index in [-0.39, 0.29) is 23.1 Å². The lowest BCUT2D eigenvalue weighted by Gasteiger charge is -2.37. The zero-order valence-corrected chi connectivity index (χ0v) is 13.6. The lowest BCUT2D eigenvalue weighted by Crippen LogP contribution is -2.49. The second kappa shape index (κ2) is 6.77. The monoisotopic (exact) mass is 296 g/mol. The first-order valence-corrected chi connectivity index (χ1v) is 8.01. The third kappa shape index (κ3) is 4.70. The zero-order chi connectivity index (χ0) is 15.5. The molecule has 0 N–H and O–H groups in total. The van der Waals surface area contributed by atoms with E-state index in [0.717, 1.165) is 19.4 Å². The summed E-state index contributed by atoms with van der Waals surface area (Å²) in [5.74, 6) is 0.356. The molecule has 120 valence electrons. The normalized spacial score (nSPS) is 24.0. The molecule has 2 heterocycles. The van der Waals surface area contributed by atoms with E-state index in [1.807, 2.05) is 9.80 Å². The van der Waals surface area contributed by atoms with Gasteiger partial charge in [-0.2, -0.15) is 0 Å². The molecule has 0 spiro atoms. The Balaban J connectivity index is 1.90. The van der Waals surface area contributed by atoms with Crippen LogP contribution in [0.25, 0.3) is 0 Å². The van der Waals surface area contributed by atoms with Crippen LogP contribution in [0.4, 0.5) is 0 Å². The molecule has 2 aliphatic heterocycles. The maximum Gasteiger partial charge on any atom is 0.227 e. The molecule has 0 saturated carbocycles. The summed E-state index contributed by atoms with van der Waals surface area (Å²) >= 11 is 0. The molecule has 21 heavy (non-hydrogen) atoms. The van der Waals surface area contributed by atoms with Crippen molar-refractivity contribution in [3.05, 3.63) is 0 Å². The smallest absolute Gasteiger partial charge is 0.227 e. The van der Waals surface area contributed by atoms with E-state index in [2.05, 4.69) is 20.8 Å². The Hall–Kier alpha value is -1.10. The number of hydrogen-bond acceptors (Lipinski definition) is 3. The van der Waals surface area contributed by atoms with Crippen LogP contribution in [0.15, 0.2) is 0 Å². The van der Waals surface area contributed by atoms with Crippen LogP contribution in [-0.4, -0.2) is 61.0 Å². The number of carbonyl (C=O) groups is 2. The van der Waals surface area contributed by atoms with E-state index in [4.69, 9.17) is 4.74 Å². The Morgan fingerprint density at radius 2 is 1.76 bits per heavy atom. The fourth-order valence-corrected chi connectivity index (χ4v) is 3.01. The Labute approximate surface area is 127 Å². The van der Waals surface area contributed by atoms with Gasteiger partial charge in [0.2, 0.25) is 11.8 Å². The van der Waals surface area contributed by atoms with Gasteiger partial charge in [-0.15, -0.1) is 0 Å². The first kappa shape index (κ1) is 16.3. The van der Waals surface area contributed by atoms with Gasteiger partial charge in [0, 0.05) is 32.6 Å². The number of rotatable bonds is 2. The first-order valence-electron chi connectivity index (χ1n) is 8.01. The molecule has 0 aromatic carbocycles. The molecule has 0 radical (unpaired) electrons. The largest absolute Gasteiger partial charge is 0.378 e. The molecule has 0 aliphatic carbocycles. The van der Waals surface area contributed by atoms with Crippen molar-refractivity contribution in [3.8, 4) is 0 Å². The highest BCUT2D eigenvalue weighted by Gasteiger charge is 2.32. The van der Waals surface area contributed by atoms with Crippen molar-refractivity contribution in [2.24, 2.45) is 11.3 Å². The van der Waals surface area contributed by atoms with Crippen LogP contribution < -0.4 is 0 Å². The molecule has 0 bridgehead atoms. The molecular weight excluding hydrogens is 268 g/mol. The van der Waals surface area contributed by atoms with Crippen molar-refractivity contribution in [2.75, 3.05) is 39.4 Å². The quantitative estimate of drug-likeness (QED) is 0.776. The minimum Gasteiger partial charge on any atom is -0.378 e. The topological polar surface area (TPSA) is 49.9 Å². The summed E-state index contributed by atoms with van der Waals surface area (Å²) < 4.78 is 5.29. The van der Waals surface area contributed by atoms with Crippen molar-refractivity contribution < 1.29 is 14.3 Å². The number of carbonyl (C=O) groups excluding carboxylic acids is 2. The SMILES string of the molecule is CC(C)(C)CC(=O)N1CCC[C@H](C(=O)N2CCOCC2)C1. The third-order valence-electron chi connectivity index (χ3n) is 4.13. The summed E-state index contributed by atoms with van der Waals surface area (Å²) in [6.07, 6.45) is 2.37. The fourth-order valence-electron chi connectivity index (χ4n) is 3.01. The molecule has 2 aliphatic rings. The molecule has 5 nitrogen and oxygen atoms in total. The average molecular weight is 296 g/mol. The predicted octanol–water partition coefficient (Wildman–Crippen LogP) is 1.52. The molecule has 0 unspecified atom stereocenters. The highest BCUT2D eigenvalue weighted by Crippen LogP contribution is 2.24. The van der Waals surface area contributed by atoms with Crippen molar-refractivity contribution in [1.82, 2.24) is 9.80 Å². The Morgan fingerprint density at radius 1 is 1.10 bits per heavy atom. The van der Waals surface area contributed by atoms with Gasteiger partial charge in [-0.05, 0) is 18.3 Å². The van der Waals surface area contributed by atoms with Crippen LogP contribution in [0.3, 0.4) is 0 Å². The van der Waals surface area contributed by atoms with Gasteiger partial charge in [0.05, 0.1) is 19.1 Å². The van der Waals surface area contributed by atoms with Gasteiger partial charge >= 0.3 is 0 Å². The molecule has 0 aromatic rings. The predicted molar refractivity (Wildman–Crippen MR) is 80.8 cm³/mol. The van der Waals surface area contributed by atoms with Crippen LogP contribution in [0.2, 0.25) is 0 Å². The summed E-state index contributed by atoms with van der Waals surface area (Å²) in [6, 6.07) is 0. The van der Waals surface area contributed by atoms with E-state index in [1.165, 1.54) is 0 Å². The molecule has 2 saturated heterocycles. The van der Waals surface area contributed by atoms with Gasteiger partial charge in [0.25, 0.3) is 0 Å². The van der Waals surface area contributed by atoms with Gasteiger partial charge in [-0.3, -0.25) is 9.59 Å². The van der Waals surface area contributed by atoms with E-state index in [9.17, 15) is 9.59 Å². The van der Waals surface area contributed by atoms with Gasteiger partial charge in [-0.25, -0.2) is 0 Å². The van der Waals surface area contributed by atoms with Gasteiger partial charge in [0.1, 0.15) is 0 Å². The summed E-state index contributed by atoms with van der Waals surface area (Å²) in [6.45, 7) is 10.2. The van der Waals surface area contributed by atoms with Gasteiger partial charge < -0.3 is 14.5 Å². The average Bonchev–Trinajstić information content (AvgIpc) is 2.46. The zero-order valence-electron chi connectivity index (χ0n) is 13.6. The summed E-state index contributed by atoms with van der Waals surface area (Å²) in [5.41, 5.74) is -0.00174. The lowest BCUT2D eigenvalue weighted by molar-refractivity contribution is -0.144. The van der Waals surface area contributed by atoms with Crippen LogP contribution in [0.1, 0.15) is 40.0 Å². The minimum absolute atomic E-state index is 0.00174. The molecular formula is C16H28N2O3. The highest BCUT2D eigenvalue weighted by atomic mass is 16.5. The van der Waals surface area contributed by atoms with Crippen molar-refractivity contribution in [2.45, 2.75) is 40.0 Å². The molecule has 1 atom stereocenters. The third-order valence-corrected chi connectivity index (χ3v) is 4.13. The van der Waals surface area contributed by atoms with Crippen molar-refractivity contribution in [1.29, 1.82) is 0 Å². The molecule has 2 rings (SSSR count). The maximum atomic E-state index is 12.5. The van der Waals surface area contributed by atoms with Crippen LogP contribution in [0, 0.1) is 11.3 Å². The lowest BCUT2D eigenvalue weighted by atomic mass is 9.90. The Morgan fingerprint density at radius 3 is 2.38 bits per heavy atom. The molecule has 2 fully saturated rings. The van der Waals surface area contributed by atoms with E-state index < -0.39 is 0 Å². The number of morpholine rings is 1. The number of amides is 2. The Bertz CT molecular complexity index is 383. The van der Waals surface area contributed by atoms with E-state index in [1.54, 1.807) is 0 Å².